The van der Waals surface area contributed by atoms with Gasteiger partial charge in [0, 0.05) is 18.0 Å². The van der Waals surface area contributed by atoms with Crippen LogP contribution in [0.25, 0.3) is 0 Å². The molecule has 1 aromatic heterocycles. The predicted molar refractivity (Wildman–Crippen MR) is 48.2 cm³/mol. The molecule has 0 aliphatic carbocycles. The lowest BCUT2D eigenvalue weighted by atomic mass is 10.0. The highest BCUT2D eigenvalue weighted by atomic mass is 16.1. The van der Waals surface area contributed by atoms with E-state index in [1.54, 1.807) is 12.4 Å². The van der Waals surface area contributed by atoms with Crippen LogP contribution in [-0.4, -0.2) is 11.3 Å². The van der Waals surface area contributed by atoms with Gasteiger partial charge in [0.15, 0.2) is 6.29 Å². The van der Waals surface area contributed by atoms with Gasteiger partial charge in [-0.2, -0.15) is 0 Å². The molecular formula is C10H13NO. The average Bonchev–Trinajstić information content (AvgIpc) is 2.04. The molecule has 12 heavy (non-hydrogen) atoms. The van der Waals surface area contributed by atoms with Gasteiger partial charge >= 0.3 is 0 Å². The van der Waals surface area contributed by atoms with Crippen LogP contribution in [0.2, 0.25) is 0 Å². The van der Waals surface area contributed by atoms with Crippen molar-refractivity contribution >= 4 is 6.29 Å². The highest BCUT2D eigenvalue weighted by Crippen LogP contribution is 2.10. The molecule has 2 nitrogen and oxygen atoms in total. The smallest absolute Gasteiger partial charge is 0.151 e. The van der Waals surface area contributed by atoms with E-state index in [9.17, 15) is 4.79 Å². The molecule has 2 heteroatoms. The molecule has 0 aliphatic rings. The van der Waals surface area contributed by atoms with E-state index in [4.69, 9.17) is 0 Å². The lowest BCUT2D eigenvalue weighted by molar-refractivity contribution is 0.112. The summed E-state index contributed by atoms with van der Waals surface area (Å²) >= 11 is 0. The molecule has 0 amide bonds. The monoisotopic (exact) mass is 163 g/mol. The molecule has 0 spiro atoms. The maximum atomic E-state index is 10.6. The third kappa shape index (κ3) is 2.16. The van der Waals surface area contributed by atoms with Crippen molar-refractivity contribution in [2.45, 2.75) is 20.3 Å². The summed E-state index contributed by atoms with van der Waals surface area (Å²) in [6.45, 7) is 4.27. The first-order valence-corrected chi connectivity index (χ1v) is 4.12. The van der Waals surface area contributed by atoms with Crippen LogP contribution in [0.4, 0.5) is 0 Å². The first-order valence-electron chi connectivity index (χ1n) is 4.12. The molecule has 0 unspecified atom stereocenters. The van der Waals surface area contributed by atoms with E-state index >= 15 is 0 Å². The van der Waals surface area contributed by atoms with Crippen molar-refractivity contribution in [2.24, 2.45) is 5.92 Å². The van der Waals surface area contributed by atoms with Crippen molar-refractivity contribution in [1.82, 2.24) is 4.98 Å². The number of hydrogen-bond donors (Lipinski definition) is 0. The largest absolute Gasteiger partial charge is 0.298 e. The fraction of sp³-hybridized carbons (Fsp3) is 0.400. The van der Waals surface area contributed by atoms with E-state index in [0.29, 0.717) is 11.5 Å². The number of aldehydes is 1. The molecule has 0 saturated carbocycles. The molecule has 0 atom stereocenters. The highest BCUT2D eigenvalue weighted by molar-refractivity contribution is 5.76. The molecule has 1 aromatic rings. The van der Waals surface area contributed by atoms with Gasteiger partial charge in [-0.1, -0.05) is 13.8 Å². The van der Waals surface area contributed by atoms with Crippen LogP contribution in [0.15, 0.2) is 18.5 Å². The summed E-state index contributed by atoms with van der Waals surface area (Å²) in [4.78, 5) is 14.5. The van der Waals surface area contributed by atoms with Crippen LogP contribution >= 0.6 is 0 Å². The normalized spacial score (nSPS) is 10.2. The van der Waals surface area contributed by atoms with Crippen LogP contribution in [-0.2, 0) is 6.42 Å². The van der Waals surface area contributed by atoms with E-state index in [-0.39, 0.29) is 0 Å². The Balaban J connectivity index is 2.89. The quantitative estimate of drug-likeness (QED) is 0.639. The van der Waals surface area contributed by atoms with Crippen molar-refractivity contribution in [3.8, 4) is 0 Å². The molecule has 64 valence electrons. The van der Waals surface area contributed by atoms with Crippen LogP contribution in [0.1, 0.15) is 29.8 Å². The molecule has 0 saturated heterocycles. The second-order valence-electron chi connectivity index (χ2n) is 3.29. The van der Waals surface area contributed by atoms with Crippen LogP contribution in [0.5, 0.6) is 0 Å². The van der Waals surface area contributed by atoms with Gasteiger partial charge in [-0.3, -0.25) is 9.78 Å². The van der Waals surface area contributed by atoms with Gasteiger partial charge in [0.1, 0.15) is 0 Å². The zero-order valence-corrected chi connectivity index (χ0v) is 7.45. The van der Waals surface area contributed by atoms with Crippen LogP contribution in [0, 0.1) is 5.92 Å². The Morgan fingerprint density at radius 3 is 2.92 bits per heavy atom. The molecule has 0 N–H and O–H groups in total. The second kappa shape index (κ2) is 4.00. The Bertz CT molecular complexity index is 268. The van der Waals surface area contributed by atoms with Crippen LogP contribution < -0.4 is 0 Å². The van der Waals surface area contributed by atoms with Gasteiger partial charge in [0.05, 0.1) is 0 Å². The van der Waals surface area contributed by atoms with E-state index in [2.05, 4.69) is 18.8 Å². The molecule has 0 aromatic carbocycles. The van der Waals surface area contributed by atoms with Crippen molar-refractivity contribution in [1.29, 1.82) is 0 Å². The zero-order chi connectivity index (χ0) is 8.97. The molecule has 1 rings (SSSR count). The SMILES string of the molecule is CC(C)Cc1ccncc1C=O. The average molecular weight is 163 g/mol. The standard InChI is InChI=1S/C10H13NO/c1-8(2)5-9-3-4-11-6-10(9)7-12/h3-4,6-8H,5H2,1-2H3. The number of nitrogens with zero attached hydrogens (tertiary/aromatic N) is 1. The van der Waals surface area contributed by atoms with Crippen LogP contribution in [0.3, 0.4) is 0 Å². The summed E-state index contributed by atoms with van der Waals surface area (Å²) in [5, 5.41) is 0. The summed E-state index contributed by atoms with van der Waals surface area (Å²) in [5.41, 5.74) is 1.81. The van der Waals surface area contributed by atoms with Crippen molar-refractivity contribution < 1.29 is 4.79 Å². The van der Waals surface area contributed by atoms with E-state index in [0.717, 1.165) is 18.3 Å². The summed E-state index contributed by atoms with van der Waals surface area (Å²) < 4.78 is 0. The highest BCUT2D eigenvalue weighted by Gasteiger charge is 2.02. The molecular weight excluding hydrogens is 150 g/mol. The van der Waals surface area contributed by atoms with E-state index < -0.39 is 0 Å². The maximum absolute atomic E-state index is 10.6. The number of pyridine rings is 1. The number of carbonyl (C=O) groups is 1. The lowest BCUT2D eigenvalue weighted by Gasteiger charge is -2.05. The molecule has 1 heterocycles. The van der Waals surface area contributed by atoms with E-state index in [1.165, 1.54) is 0 Å². The Labute approximate surface area is 72.6 Å². The minimum Gasteiger partial charge on any atom is -0.298 e. The fourth-order valence-electron chi connectivity index (χ4n) is 1.17. The number of carbonyl (C=O) groups excluding carboxylic acids is 1. The van der Waals surface area contributed by atoms with Gasteiger partial charge in [-0.05, 0) is 24.0 Å². The lowest BCUT2D eigenvalue weighted by Crippen LogP contribution is -1.98. The second-order valence-corrected chi connectivity index (χ2v) is 3.29. The maximum Gasteiger partial charge on any atom is 0.151 e. The van der Waals surface area contributed by atoms with Gasteiger partial charge < -0.3 is 0 Å². The minimum atomic E-state index is 0.575. The number of hydrogen-bond acceptors (Lipinski definition) is 2. The first kappa shape index (κ1) is 8.91. The first-order chi connectivity index (χ1) is 5.74. The number of aromatic nitrogens is 1. The van der Waals surface area contributed by atoms with Gasteiger partial charge in [0.25, 0.3) is 0 Å². The Morgan fingerprint density at radius 1 is 1.58 bits per heavy atom. The summed E-state index contributed by atoms with van der Waals surface area (Å²) in [6.07, 6.45) is 5.15. The third-order valence-corrected chi connectivity index (χ3v) is 1.70. The van der Waals surface area contributed by atoms with Crippen molar-refractivity contribution in [3.05, 3.63) is 29.6 Å². The van der Waals surface area contributed by atoms with Gasteiger partial charge in [0.2, 0.25) is 0 Å². The molecule has 0 bridgehead atoms. The van der Waals surface area contributed by atoms with Gasteiger partial charge in [-0.15, -0.1) is 0 Å². The van der Waals surface area contributed by atoms with Gasteiger partial charge in [-0.25, -0.2) is 0 Å². The molecule has 0 aliphatic heterocycles. The molecule has 0 radical (unpaired) electrons. The van der Waals surface area contributed by atoms with Crippen molar-refractivity contribution in [2.75, 3.05) is 0 Å². The Kier molecular flexibility index (Phi) is 2.97. The Hall–Kier alpha value is -1.18. The van der Waals surface area contributed by atoms with Crippen molar-refractivity contribution in [3.63, 3.8) is 0 Å². The topological polar surface area (TPSA) is 30.0 Å². The summed E-state index contributed by atoms with van der Waals surface area (Å²) in [7, 11) is 0. The van der Waals surface area contributed by atoms with E-state index in [1.807, 2.05) is 6.07 Å². The minimum absolute atomic E-state index is 0.575. The Morgan fingerprint density at radius 2 is 2.33 bits per heavy atom. The zero-order valence-electron chi connectivity index (χ0n) is 7.45. The third-order valence-electron chi connectivity index (χ3n) is 1.70. The summed E-state index contributed by atoms with van der Waals surface area (Å²) in [5.74, 6) is 0.575. The molecule has 0 fully saturated rings. The number of rotatable bonds is 3. The summed E-state index contributed by atoms with van der Waals surface area (Å²) in [6, 6.07) is 1.91. The fourth-order valence-corrected chi connectivity index (χ4v) is 1.17. The predicted octanol–water partition coefficient (Wildman–Crippen LogP) is 2.09.